The Morgan fingerprint density at radius 2 is 1.63 bits per heavy atom. The minimum absolute atomic E-state index is 0.0193. The van der Waals surface area contributed by atoms with Crippen LogP contribution >= 0.6 is 0 Å². The van der Waals surface area contributed by atoms with Crippen LogP contribution in [-0.2, 0) is 16.1 Å². The summed E-state index contributed by atoms with van der Waals surface area (Å²) in [6, 6.07) is 14.2. The van der Waals surface area contributed by atoms with Crippen LogP contribution < -0.4 is 10.6 Å². The molecule has 2 N–H and O–H groups in total. The number of benzene rings is 2. The molecule has 5 heteroatoms. The molecule has 27 heavy (non-hydrogen) atoms. The quantitative estimate of drug-likeness (QED) is 0.831. The Balaban J connectivity index is 1.46. The highest BCUT2D eigenvalue weighted by Gasteiger charge is 2.29. The van der Waals surface area contributed by atoms with Crippen LogP contribution in [0.5, 0.6) is 0 Å². The highest BCUT2D eigenvalue weighted by Crippen LogP contribution is 2.30. The number of rotatable bonds is 5. The Morgan fingerprint density at radius 1 is 0.963 bits per heavy atom. The highest BCUT2D eigenvalue weighted by atomic mass is 19.1. The second-order valence-corrected chi connectivity index (χ2v) is 7.22. The third-order valence-corrected chi connectivity index (χ3v) is 5.17. The third-order valence-electron chi connectivity index (χ3n) is 5.17. The number of hydrogen-bond donors (Lipinski definition) is 2. The van der Waals surface area contributed by atoms with Crippen molar-refractivity contribution in [1.29, 1.82) is 0 Å². The average molecular weight is 368 g/mol. The van der Waals surface area contributed by atoms with Gasteiger partial charge in [0.15, 0.2) is 0 Å². The first-order valence-corrected chi connectivity index (χ1v) is 9.41. The number of halogens is 1. The van der Waals surface area contributed by atoms with Crippen molar-refractivity contribution in [3.8, 4) is 0 Å². The molecule has 1 fully saturated rings. The minimum atomic E-state index is -0.311. The van der Waals surface area contributed by atoms with E-state index in [1.165, 1.54) is 6.07 Å². The molecule has 2 amide bonds. The molecular weight excluding hydrogens is 343 g/mol. The van der Waals surface area contributed by atoms with E-state index in [1.54, 1.807) is 18.2 Å². The zero-order chi connectivity index (χ0) is 19.2. The van der Waals surface area contributed by atoms with Crippen molar-refractivity contribution < 1.29 is 14.0 Å². The number of carbonyl (C=O) groups is 2. The Hall–Kier alpha value is -2.69. The number of aryl methyl sites for hydroxylation is 1. The number of amides is 2. The van der Waals surface area contributed by atoms with Crippen molar-refractivity contribution in [3.63, 3.8) is 0 Å². The van der Waals surface area contributed by atoms with Crippen LogP contribution in [0.2, 0.25) is 0 Å². The summed E-state index contributed by atoms with van der Waals surface area (Å²) in [4.78, 5) is 24.8. The van der Waals surface area contributed by atoms with E-state index in [-0.39, 0.29) is 36.0 Å². The lowest BCUT2D eigenvalue weighted by molar-refractivity contribution is -0.128. The van der Waals surface area contributed by atoms with Crippen LogP contribution in [0.1, 0.15) is 36.8 Å². The van der Waals surface area contributed by atoms with Gasteiger partial charge in [-0.25, -0.2) is 4.39 Å². The SMILES string of the molecule is Cc1cccc(NC(=O)C2CCC(C(=O)NCc3ccccc3F)CC2)c1. The van der Waals surface area contributed by atoms with Crippen LogP contribution in [0.4, 0.5) is 10.1 Å². The van der Waals surface area contributed by atoms with Gasteiger partial charge < -0.3 is 10.6 Å². The molecule has 142 valence electrons. The smallest absolute Gasteiger partial charge is 0.227 e. The maximum atomic E-state index is 13.6. The van der Waals surface area contributed by atoms with Gasteiger partial charge in [-0.15, -0.1) is 0 Å². The molecule has 1 saturated carbocycles. The molecule has 0 unspecified atom stereocenters. The van der Waals surface area contributed by atoms with E-state index in [1.807, 2.05) is 31.2 Å². The second-order valence-electron chi connectivity index (χ2n) is 7.22. The van der Waals surface area contributed by atoms with Gasteiger partial charge in [-0.2, -0.15) is 0 Å². The normalized spacial score (nSPS) is 19.3. The van der Waals surface area contributed by atoms with Gasteiger partial charge in [0.1, 0.15) is 5.82 Å². The van der Waals surface area contributed by atoms with Crippen molar-refractivity contribution in [3.05, 3.63) is 65.5 Å². The monoisotopic (exact) mass is 368 g/mol. The van der Waals surface area contributed by atoms with Crippen molar-refractivity contribution in [2.75, 3.05) is 5.32 Å². The van der Waals surface area contributed by atoms with Crippen LogP contribution in [0.25, 0.3) is 0 Å². The molecule has 0 radical (unpaired) electrons. The van der Waals surface area contributed by atoms with E-state index in [9.17, 15) is 14.0 Å². The molecule has 1 aliphatic rings. The topological polar surface area (TPSA) is 58.2 Å². The number of anilines is 1. The Labute approximate surface area is 159 Å². The summed E-state index contributed by atoms with van der Waals surface area (Å²) in [5.41, 5.74) is 2.39. The summed E-state index contributed by atoms with van der Waals surface area (Å²) in [6.45, 7) is 2.18. The summed E-state index contributed by atoms with van der Waals surface area (Å²) in [5.74, 6) is -0.531. The van der Waals surface area contributed by atoms with Crippen LogP contribution in [-0.4, -0.2) is 11.8 Å². The lowest BCUT2D eigenvalue weighted by Crippen LogP contribution is -2.35. The lowest BCUT2D eigenvalue weighted by Gasteiger charge is -2.27. The van der Waals surface area contributed by atoms with Crippen LogP contribution in [0.15, 0.2) is 48.5 Å². The predicted octanol–water partition coefficient (Wildman–Crippen LogP) is 4.20. The summed E-state index contributed by atoms with van der Waals surface area (Å²) >= 11 is 0. The standard InChI is InChI=1S/C22H25FN2O2/c1-15-5-4-7-19(13-15)25-22(27)17-11-9-16(10-12-17)21(26)24-14-18-6-2-3-8-20(18)23/h2-8,13,16-17H,9-12,14H2,1H3,(H,24,26)(H,25,27). The molecule has 3 rings (SSSR count). The molecule has 0 saturated heterocycles. The minimum Gasteiger partial charge on any atom is -0.352 e. The molecule has 1 aliphatic carbocycles. The maximum Gasteiger partial charge on any atom is 0.227 e. The first kappa shape index (κ1) is 19.1. The van der Waals surface area contributed by atoms with Gasteiger partial charge in [0.2, 0.25) is 11.8 Å². The van der Waals surface area contributed by atoms with Crippen molar-refractivity contribution in [2.45, 2.75) is 39.2 Å². The summed E-state index contributed by atoms with van der Waals surface area (Å²) in [5, 5.41) is 5.79. The molecular formula is C22H25FN2O2. The molecule has 0 aromatic heterocycles. The van der Waals surface area contributed by atoms with Gasteiger partial charge in [0, 0.05) is 29.6 Å². The highest BCUT2D eigenvalue weighted by molar-refractivity contribution is 5.92. The van der Waals surface area contributed by atoms with Crippen molar-refractivity contribution in [2.24, 2.45) is 11.8 Å². The Kier molecular flexibility index (Phi) is 6.22. The first-order chi connectivity index (χ1) is 13.0. The number of carbonyl (C=O) groups excluding carboxylic acids is 2. The van der Waals surface area contributed by atoms with Gasteiger partial charge >= 0.3 is 0 Å². The Bertz CT molecular complexity index is 813. The van der Waals surface area contributed by atoms with Gasteiger partial charge in [0.25, 0.3) is 0 Å². The molecule has 4 nitrogen and oxygen atoms in total. The average Bonchev–Trinajstić information content (AvgIpc) is 2.67. The predicted molar refractivity (Wildman–Crippen MR) is 104 cm³/mol. The number of hydrogen-bond acceptors (Lipinski definition) is 2. The van der Waals surface area contributed by atoms with Crippen molar-refractivity contribution >= 4 is 17.5 Å². The van der Waals surface area contributed by atoms with Gasteiger partial charge in [-0.05, 0) is 56.4 Å². The first-order valence-electron chi connectivity index (χ1n) is 9.41. The fraction of sp³-hybridized carbons (Fsp3) is 0.364. The van der Waals surface area contributed by atoms with E-state index in [4.69, 9.17) is 0 Å². The van der Waals surface area contributed by atoms with Gasteiger partial charge in [-0.3, -0.25) is 9.59 Å². The Morgan fingerprint density at radius 3 is 2.30 bits per heavy atom. The second kappa shape index (κ2) is 8.80. The van der Waals surface area contributed by atoms with E-state index >= 15 is 0 Å². The van der Waals surface area contributed by atoms with E-state index < -0.39 is 0 Å². The zero-order valence-electron chi connectivity index (χ0n) is 15.5. The summed E-state index contributed by atoms with van der Waals surface area (Å²) in [7, 11) is 0. The van der Waals surface area contributed by atoms with E-state index in [2.05, 4.69) is 10.6 Å². The molecule has 0 spiro atoms. The molecule has 2 aromatic rings. The number of nitrogens with one attached hydrogen (secondary N) is 2. The maximum absolute atomic E-state index is 13.6. The largest absolute Gasteiger partial charge is 0.352 e. The van der Waals surface area contributed by atoms with Crippen LogP contribution in [0.3, 0.4) is 0 Å². The van der Waals surface area contributed by atoms with Crippen LogP contribution in [0, 0.1) is 24.6 Å². The van der Waals surface area contributed by atoms with E-state index in [0.29, 0.717) is 31.2 Å². The molecule has 0 bridgehead atoms. The fourth-order valence-corrected chi connectivity index (χ4v) is 3.55. The molecule has 2 aromatic carbocycles. The van der Waals surface area contributed by atoms with Gasteiger partial charge in [0.05, 0.1) is 0 Å². The summed E-state index contributed by atoms with van der Waals surface area (Å²) < 4.78 is 13.6. The lowest BCUT2D eigenvalue weighted by atomic mass is 9.81. The van der Waals surface area contributed by atoms with Crippen molar-refractivity contribution in [1.82, 2.24) is 5.32 Å². The third kappa shape index (κ3) is 5.16. The summed E-state index contributed by atoms with van der Waals surface area (Å²) in [6.07, 6.45) is 2.73. The fourth-order valence-electron chi connectivity index (χ4n) is 3.55. The molecule has 0 heterocycles. The molecule has 0 atom stereocenters. The van der Waals surface area contributed by atoms with Gasteiger partial charge in [-0.1, -0.05) is 30.3 Å². The molecule has 0 aliphatic heterocycles. The zero-order valence-corrected chi connectivity index (χ0v) is 15.5. The van der Waals surface area contributed by atoms with E-state index in [0.717, 1.165) is 11.3 Å².